The second kappa shape index (κ2) is 5.19. The summed E-state index contributed by atoms with van der Waals surface area (Å²) in [7, 11) is 0. The molecule has 2 aromatic rings. The Balaban J connectivity index is 2.56. The molecular weight excluding hydrogens is 281 g/mol. The summed E-state index contributed by atoms with van der Waals surface area (Å²) in [4.78, 5) is 3.67. The summed E-state index contributed by atoms with van der Waals surface area (Å²) in [5, 5.41) is 19.3. The van der Waals surface area contributed by atoms with Crippen molar-refractivity contribution in [2.45, 2.75) is 18.7 Å². The van der Waals surface area contributed by atoms with Gasteiger partial charge in [0.1, 0.15) is 5.60 Å². The van der Waals surface area contributed by atoms with Crippen molar-refractivity contribution < 1.29 is 18.3 Å². The van der Waals surface area contributed by atoms with Crippen LogP contribution in [0.4, 0.5) is 13.2 Å². The normalized spacial score (nSPS) is 14.3. The van der Waals surface area contributed by atoms with E-state index in [2.05, 4.69) is 4.98 Å². The van der Waals surface area contributed by atoms with E-state index >= 15 is 0 Å². The fraction of sp³-hybridized carbons (Fsp3) is 0.200. The molecule has 0 fully saturated rings. The fourth-order valence-electron chi connectivity index (χ4n) is 2.05. The van der Waals surface area contributed by atoms with Gasteiger partial charge in [-0.25, -0.2) is 0 Å². The van der Waals surface area contributed by atoms with E-state index in [1.165, 1.54) is 31.2 Å². The second-order valence-corrected chi connectivity index (χ2v) is 4.68. The molecule has 3 nitrogen and oxygen atoms in total. The Morgan fingerprint density at radius 2 is 1.71 bits per heavy atom. The molecule has 0 bridgehead atoms. The Morgan fingerprint density at radius 1 is 1.10 bits per heavy atom. The van der Waals surface area contributed by atoms with Gasteiger partial charge in [-0.1, -0.05) is 12.1 Å². The van der Waals surface area contributed by atoms with Crippen molar-refractivity contribution in [3.63, 3.8) is 0 Å². The lowest BCUT2D eigenvalue weighted by molar-refractivity contribution is -0.140. The number of aromatic nitrogens is 1. The lowest BCUT2D eigenvalue weighted by Crippen LogP contribution is -2.27. The smallest absolute Gasteiger partial charge is 0.381 e. The molecule has 0 radical (unpaired) electrons. The van der Waals surface area contributed by atoms with Gasteiger partial charge in [0.15, 0.2) is 0 Å². The fourth-order valence-corrected chi connectivity index (χ4v) is 2.05. The molecule has 0 amide bonds. The molecule has 0 aliphatic heterocycles. The number of halogens is 3. The van der Waals surface area contributed by atoms with Gasteiger partial charge in [0.05, 0.1) is 17.2 Å². The minimum Gasteiger partial charge on any atom is -0.381 e. The van der Waals surface area contributed by atoms with Gasteiger partial charge < -0.3 is 5.11 Å². The highest BCUT2D eigenvalue weighted by Crippen LogP contribution is 2.38. The highest BCUT2D eigenvalue weighted by Gasteiger charge is 2.39. The number of rotatable bonds is 2. The molecular formula is C15H11F3N2O. The molecule has 21 heavy (non-hydrogen) atoms. The van der Waals surface area contributed by atoms with Crippen LogP contribution in [0.25, 0.3) is 0 Å². The first-order chi connectivity index (χ1) is 9.76. The zero-order valence-electron chi connectivity index (χ0n) is 11.0. The number of hydrogen-bond donors (Lipinski definition) is 1. The van der Waals surface area contributed by atoms with Crippen molar-refractivity contribution >= 4 is 0 Å². The Bertz CT molecular complexity index is 685. The highest BCUT2D eigenvalue weighted by molar-refractivity contribution is 5.42. The molecule has 0 saturated carbocycles. The van der Waals surface area contributed by atoms with E-state index < -0.39 is 17.3 Å². The van der Waals surface area contributed by atoms with Gasteiger partial charge in [-0.2, -0.15) is 18.4 Å². The van der Waals surface area contributed by atoms with Crippen molar-refractivity contribution in [1.82, 2.24) is 4.98 Å². The number of aliphatic hydroxyl groups is 1. The van der Waals surface area contributed by atoms with Crippen LogP contribution in [0, 0.1) is 11.3 Å². The highest BCUT2D eigenvalue weighted by atomic mass is 19.4. The van der Waals surface area contributed by atoms with Crippen LogP contribution in [0.2, 0.25) is 0 Å². The van der Waals surface area contributed by atoms with Gasteiger partial charge in [-0.05, 0) is 30.7 Å². The van der Waals surface area contributed by atoms with Crippen molar-refractivity contribution in [1.29, 1.82) is 5.26 Å². The van der Waals surface area contributed by atoms with Gasteiger partial charge in [0.25, 0.3) is 0 Å². The third-order valence-electron chi connectivity index (χ3n) is 3.23. The number of hydrogen-bond acceptors (Lipinski definition) is 3. The topological polar surface area (TPSA) is 56.9 Å². The molecule has 108 valence electrons. The third kappa shape index (κ3) is 2.88. The summed E-state index contributed by atoms with van der Waals surface area (Å²) in [6.07, 6.45) is -2.56. The maximum atomic E-state index is 13.0. The number of pyridine rings is 1. The third-order valence-corrected chi connectivity index (χ3v) is 3.23. The maximum absolute atomic E-state index is 13.0. The number of nitrogens with zero attached hydrogens (tertiary/aromatic N) is 2. The predicted octanol–water partition coefficient (Wildman–Crippen LogP) is 3.23. The summed E-state index contributed by atoms with van der Waals surface area (Å²) in [6.45, 7) is 1.26. The van der Waals surface area contributed by atoms with Gasteiger partial charge in [0, 0.05) is 18.0 Å². The lowest BCUT2D eigenvalue weighted by Gasteiger charge is -2.27. The average molecular weight is 292 g/mol. The molecule has 1 atom stereocenters. The van der Waals surface area contributed by atoms with Crippen molar-refractivity contribution in [3.8, 4) is 6.07 Å². The van der Waals surface area contributed by atoms with E-state index in [1.54, 1.807) is 0 Å². The zero-order chi connectivity index (χ0) is 15.7. The molecule has 0 saturated heterocycles. The molecule has 0 spiro atoms. The van der Waals surface area contributed by atoms with Crippen LogP contribution in [0.1, 0.15) is 29.2 Å². The van der Waals surface area contributed by atoms with Crippen LogP contribution >= 0.6 is 0 Å². The molecule has 1 aromatic heterocycles. The van der Waals surface area contributed by atoms with E-state index in [4.69, 9.17) is 5.26 Å². The molecule has 0 aliphatic rings. The molecule has 1 aromatic carbocycles. The van der Waals surface area contributed by atoms with Gasteiger partial charge in [-0.15, -0.1) is 0 Å². The Kier molecular flexibility index (Phi) is 3.71. The largest absolute Gasteiger partial charge is 0.416 e. The zero-order valence-corrected chi connectivity index (χ0v) is 11.0. The lowest BCUT2D eigenvalue weighted by atomic mass is 9.86. The Labute approximate surface area is 119 Å². The molecule has 1 heterocycles. The summed E-state index contributed by atoms with van der Waals surface area (Å²) < 4.78 is 39.1. The Morgan fingerprint density at radius 3 is 2.24 bits per heavy atom. The van der Waals surface area contributed by atoms with E-state index in [0.29, 0.717) is 5.56 Å². The van der Waals surface area contributed by atoms with Crippen molar-refractivity contribution in [3.05, 3.63) is 65.0 Å². The van der Waals surface area contributed by atoms with Gasteiger partial charge >= 0.3 is 6.18 Å². The van der Waals surface area contributed by atoms with E-state index in [-0.39, 0.29) is 11.1 Å². The van der Waals surface area contributed by atoms with Crippen molar-refractivity contribution in [2.75, 3.05) is 0 Å². The van der Waals surface area contributed by atoms with Gasteiger partial charge in [0.2, 0.25) is 0 Å². The molecule has 1 N–H and O–H groups in total. The summed E-state index contributed by atoms with van der Waals surface area (Å²) in [5.41, 5.74) is -2.53. The first-order valence-corrected chi connectivity index (χ1v) is 6.01. The Hall–Kier alpha value is -2.39. The first-order valence-electron chi connectivity index (χ1n) is 6.01. The average Bonchev–Trinajstić information content (AvgIpc) is 2.46. The first kappa shape index (κ1) is 15.0. The molecule has 1 unspecified atom stereocenters. The summed E-state index contributed by atoms with van der Waals surface area (Å²) in [6, 6.07) is 8.45. The number of alkyl halides is 3. The number of nitriles is 1. The minimum atomic E-state index is -4.59. The van der Waals surface area contributed by atoms with Gasteiger partial charge in [-0.3, -0.25) is 4.98 Å². The number of benzene rings is 1. The minimum absolute atomic E-state index is 0.250. The second-order valence-electron chi connectivity index (χ2n) is 4.68. The van der Waals surface area contributed by atoms with Crippen LogP contribution in [0.15, 0.2) is 42.7 Å². The standard InChI is InChI=1S/C15H11F3N2O/c1-14(21,11-4-2-10(8-19)3-5-11)13-9-20-7-6-12(13)15(16,17)18/h2-7,9,21H,1H3. The monoisotopic (exact) mass is 292 g/mol. The van der Waals surface area contributed by atoms with Crippen LogP contribution in [-0.2, 0) is 11.8 Å². The SMILES string of the molecule is CC(O)(c1ccc(C#N)cc1)c1cnccc1C(F)(F)F. The molecule has 2 rings (SSSR count). The van der Waals surface area contributed by atoms with E-state index in [1.807, 2.05) is 6.07 Å². The molecule has 6 heteroatoms. The van der Waals surface area contributed by atoms with Crippen molar-refractivity contribution in [2.24, 2.45) is 0 Å². The van der Waals surface area contributed by atoms with Crippen LogP contribution in [-0.4, -0.2) is 10.1 Å². The van der Waals surface area contributed by atoms with Crippen LogP contribution < -0.4 is 0 Å². The summed E-state index contributed by atoms with van der Waals surface area (Å²) in [5.74, 6) is 0. The van der Waals surface area contributed by atoms with Crippen LogP contribution in [0.3, 0.4) is 0 Å². The predicted molar refractivity (Wildman–Crippen MR) is 69.1 cm³/mol. The van der Waals surface area contributed by atoms with Crippen LogP contribution in [0.5, 0.6) is 0 Å². The quantitative estimate of drug-likeness (QED) is 0.924. The molecule has 0 aliphatic carbocycles. The summed E-state index contributed by atoms with van der Waals surface area (Å²) >= 11 is 0. The van der Waals surface area contributed by atoms with E-state index in [0.717, 1.165) is 18.5 Å². The van der Waals surface area contributed by atoms with E-state index in [9.17, 15) is 18.3 Å². The maximum Gasteiger partial charge on any atom is 0.416 e.